The zero-order valence-electron chi connectivity index (χ0n) is 12.9. The van der Waals surface area contributed by atoms with Crippen molar-refractivity contribution in [2.24, 2.45) is 0 Å². The van der Waals surface area contributed by atoms with E-state index in [1.807, 2.05) is 12.1 Å². The van der Waals surface area contributed by atoms with Crippen LogP contribution in [0.15, 0.2) is 36.4 Å². The van der Waals surface area contributed by atoms with E-state index in [1.54, 1.807) is 31.4 Å². The van der Waals surface area contributed by atoms with Crippen molar-refractivity contribution in [2.75, 3.05) is 24.9 Å². The van der Waals surface area contributed by atoms with Crippen LogP contribution in [0, 0.1) is 0 Å². The highest BCUT2D eigenvalue weighted by molar-refractivity contribution is 7.90. The summed E-state index contributed by atoms with van der Waals surface area (Å²) in [7, 11) is -2.01. The van der Waals surface area contributed by atoms with Gasteiger partial charge in [-0.1, -0.05) is 24.3 Å². The minimum atomic E-state index is -3.66. The molecule has 0 bridgehead atoms. The van der Waals surface area contributed by atoms with Crippen LogP contribution in [0.1, 0.15) is 12.8 Å². The molecule has 0 amide bonds. The summed E-state index contributed by atoms with van der Waals surface area (Å²) in [6.45, 7) is 0.842. The number of nitrogens with zero attached hydrogens (tertiary/aromatic N) is 1. The molecule has 7 heteroatoms. The molecule has 1 aliphatic heterocycles. The van der Waals surface area contributed by atoms with Gasteiger partial charge in [-0.3, -0.25) is 4.72 Å². The summed E-state index contributed by atoms with van der Waals surface area (Å²) in [5.41, 5.74) is 0.384. The van der Waals surface area contributed by atoms with Crippen molar-refractivity contribution in [3.63, 3.8) is 0 Å². The smallest absolute Gasteiger partial charge is 0.301 e. The first-order chi connectivity index (χ1) is 11.0. The van der Waals surface area contributed by atoms with Gasteiger partial charge in [0.05, 0.1) is 11.8 Å². The fourth-order valence-corrected chi connectivity index (χ4v) is 4.19. The molecule has 1 aliphatic rings. The zero-order chi connectivity index (χ0) is 16.4. The maximum atomic E-state index is 12.6. The number of hydrogen-bond donors (Lipinski definition) is 2. The maximum absolute atomic E-state index is 12.6. The summed E-state index contributed by atoms with van der Waals surface area (Å²) in [5.74, 6) is 0.0545. The van der Waals surface area contributed by atoms with Gasteiger partial charge in [-0.15, -0.1) is 0 Å². The minimum Gasteiger partial charge on any atom is -0.507 e. The largest absolute Gasteiger partial charge is 0.507 e. The summed E-state index contributed by atoms with van der Waals surface area (Å²) in [6.07, 6.45) is 1.47. The minimum absolute atomic E-state index is 0.0545. The Morgan fingerprint density at radius 3 is 2.48 bits per heavy atom. The lowest BCUT2D eigenvalue weighted by Gasteiger charge is -2.30. The quantitative estimate of drug-likeness (QED) is 0.898. The molecule has 1 fully saturated rings. The van der Waals surface area contributed by atoms with Crippen LogP contribution in [-0.4, -0.2) is 44.1 Å². The number of phenols is 1. The molecule has 2 aromatic carbocycles. The first-order valence-electron chi connectivity index (χ1n) is 7.52. The lowest BCUT2D eigenvalue weighted by atomic mass is 10.1. The van der Waals surface area contributed by atoms with Gasteiger partial charge in [0.15, 0.2) is 0 Å². The van der Waals surface area contributed by atoms with E-state index >= 15 is 0 Å². The molecule has 0 unspecified atom stereocenters. The lowest BCUT2D eigenvalue weighted by Crippen LogP contribution is -2.43. The average molecular weight is 336 g/mol. The number of fused-ring (bicyclic) bond motifs is 1. The van der Waals surface area contributed by atoms with Crippen molar-refractivity contribution in [2.45, 2.75) is 18.9 Å². The predicted octanol–water partition coefficient (Wildman–Crippen LogP) is 2.31. The van der Waals surface area contributed by atoms with Crippen molar-refractivity contribution in [1.29, 1.82) is 0 Å². The van der Waals surface area contributed by atoms with Crippen molar-refractivity contribution < 1.29 is 18.3 Å². The number of methoxy groups -OCH3 is 1. The number of piperidine rings is 1. The molecule has 23 heavy (non-hydrogen) atoms. The van der Waals surface area contributed by atoms with E-state index in [0.29, 0.717) is 37.0 Å². The lowest BCUT2D eigenvalue weighted by molar-refractivity contribution is 0.0606. The fraction of sp³-hybridized carbons (Fsp3) is 0.375. The molecule has 0 radical (unpaired) electrons. The topological polar surface area (TPSA) is 78.9 Å². The zero-order valence-corrected chi connectivity index (χ0v) is 13.7. The van der Waals surface area contributed by atoms with Crippen LogP contribution < -0.4 is 4.72 Å². The summed E-state index contributed by atoms with van der Waals surface area (Å²) in [4.78, 5) is 0. The second-order valence-electron chi connectivity index (χ2n) is 5.62. The highest BCUT2D eigenvalue weighted by Gasteiger charge is 2.28. The van der Waals surface area contributed by atoms with Gasteiger partial charge in [0.25, 0.3) is 0 Å². The second-order valence-corrected chi connectivity index (χ2v) is 7.29. The van der Waals surface area contributed by atoms with Crippen LogP contribution in [0.4, 0.5) is 5.69 Å². The van der Waals surface area contributed by atoms with Gasteiger partial charge in [-0.05, 0) is 30.4 Å². The molecule has 0 aromatic heterocycles. The number of aromatic hydroxyl groups is 1. The molecule has 1 heterocycles. The van der Waals surface area contributed by atoms with Gasteiger partial charge in [-0.25, -0.2) is 0 Å². The third-order valence-electron chi connectivity index (χ3n) is 4.20. The SMILES string of the molecule is COC1CCN(S(=O)(=O)Nc2cccc3cccc(O)c23)CC1. The molecule has 0 aliphatic carbocycles. The highest BCUT2D eigenvalue weighted by atomic mass is 32.2. The number of rotatable bonds is 4. The van der Waals surface area contributed by atoms with E-state index in [2.05, 4.69) is 4.72 Å². The molecule has 0 spiro atoms. The molecule has 1 saturated heterocycles. The van der Waals surface area contributed by atoms with Crippen LogP contribution in [0.25, 0.3) is 10.8 Å². The Hall–Kier alpha value is -1.83. The van der Waals surface area contributed by atoms with Crippen LogP contribution in [0.3, 0.4) is 0 Å². The van der Waals surface area contributed by atoms with Gasteiger partial charge in [0.2, 0.25) is 0 Å². The van der Waals surface area contributed by atoms with Crippen molar-refractivity contribution in [3.05, 3.63) is 36.4 Å². The predicted molar refractivity (Wildman–Crippen MR) is 89.8 cm³/mol. The van der Waals surface area contributed by atoms with Crippen molar-refractivity contribution >= 4 is 26.7 Å². The van der Waals surface area contributed by atoms with Gasteiger partial charge in [-0.2, -0.15) is 12.7 Å². The Labute approximate surface area is 135 Å². The molecule has 2 N–H and O–H groups in total. The average Bonchev–Trinajstić information content (AvgIpc) is 2.55. The van der Waals surface area contributed by atoms with Gasteiger partial charge >= 0.3 is 10.2 Å². The van der Waals surface area contributed by atoms with E-state index in [0.717, 1.165) is 5.39 Å². The Balaban J connectivity index is 1.87. The third-order valence-corrected chi connectivity index (χ3v) is 5.72. The molecular weight excluding hydrogens is 316 g/mol. The molecule has 3 rings (SSSR count). The molecule has 0 saturated carbocycles. The summed E-state index contributed by atoms with van der Waals surface area (Å²) >= 11 is 0. The molecule has 2 aromatic rings. The first kappa shape index (κ1) is 16.0. The van der Waals surface area contributed by atoms with Crippen LogP contribution in [0.2, 0.25) is 0 Å². The Bertz CT molecular complexity index is 794. The second kappa shape index (κ2) is 6.35. The van der Waals surface area contributed by atoms with Gasteiger partial charge < -0.3 is 9.84 Å². The van der Waals surface area contributed by atoms with Crippen molar-refractivity contribution in [1.82, 2.24) is 4.31 Å². The first-order valence-corrected chi connectivity index (χ1v) is 8.96. The van der Waals surface area contributed by atoms with E-state index < -0.39 is 10.2 Å². The van der Waals surface area contributed by atoms with E-state index in [4.69, 9.17) is 4.74 Å². The van der Waals surface area contributed by atoms with E-state index in [1.165, 1.54) is 4.31 Å². The van der Waals surface area contributed by atoms with Gasteiger partial charge in [0.1, 0.15) is 5.75 Å². The summed E-state index contributed by atoms with van der Waals surface area (Å²) in [6, 6.07) is 10.3. The monoisotopic (exact) mass is 336 g/mol. The Morgan fingerprint density at radius 2 is 1.83 bits per heavy atom. The number of hydrogen-bond acceptors (Lipinski definition) is 4. The third kappa shape index (κ3) is 3.26. The normalized spacial score (nSPS) is 17.4. The maximum Gasteiger partial charge on any atom is 0.301 e. The Morgan fingerprint density at radius 1 is 1.17 bits per heavy atom. The van der Waals surface area contributed by atoms with E-state index in [9.17, 15) is 13.5 Å². The number of nitrogens with one attached hydrogen (secondary N) is 1. The van der Waals surface area contributed by atoms with Crippen molar-refractivity contribution in [3.8, 4) is 5.75 Å². The van der Waals surface area contributed by atoms with E-state index in [-0.39, 0.29) is 11.9 Å². The summed E-state index contributed by atoms with van der Waals surface area (Å²) < 4.78 is 34.5. The molecular formula is C16H20N2O4S. The van der Waals surface area contributed by atoms with Crippen LogP contribution >= 0.6 is 0 Å². The molecule has 6 nitrogen and oxygen atoms in total. The molecule has 0 atom stereocenters. The highest BCUT2D eigenvalue weighted by Crippen LogP contribution is 2.32. The van der Waals surface area contributed by atoms with Crippen LogP contribution in [-0.2, 0) is 14.9 Å². The molecule has 124 valence electrons. The summed E-state index contributed by atoms with van der Waals surface area (Å²) in [5, 5.41) is 11.3. The fourth-order valence-electron chi connectivity index (χ4n) is 2.92. The number of benzene rings is 2. The Kier molecular flexibility index (Phi) is 4.43. The standard InChI is InChI=1S/C16H20N2O4S/c1-22-13-8-10-18(11-9-13)23(20,21)17-14-6-2-4-12-5-3-7-15(19)16(12)14/h2-7,13,17,19H,8-11H2,1H3. The number of anilines is 1. The number of ether oxygens (including phenoxy) is 1. The van der Waals surface area contributed by atoms with Gasteiger partial charge in [0, 0.05) is 25.6 Å². The number of phenolic OH excluding ortho intramolecular Hbond substituents is 1. The van der Waals surface area contributed by atoms with Crippen LogP contribution in [0.5, 0.6) is 5.75 Å².